The van der Waals surface area contributed by atoms with Gasteiger partial charge in [0.2, 0.25) is 0 Å². The van der Waals surface area contributed by atoms with E-state index in [0.717, 1.165) is 27.0 Å². The van der Waals surface area contributed by atoms with Crippen LogP contribution in [0.25, 0.3) is 0 Å². The molecule has 0 saturated carbocycles. The van der Waals surface area contributed by atoms with Gasteiger partial charge < -0.3 is 5.32 Å². The van der Waals surface area contributed by atoms with E-state index in [1.165, 1.54) is 0 Å². The molecule has 0 atom stereocenters. The fraction of sp³-hybridized carbons (Fsp3) is 0.174. The Kier molecular flexibility index (Phi) is 6.25. The number of aryl methyl sites for hydroxylation is 1. The number of halogens is 2. The molecular weight excluding hydrogens is 478 g/mol. The number of anilines is 1. The molecule has 1 amide bonds. The molecule has 1 N–H and O–H groups in total. The van der Waals surface area contributed by atoms with Gasteiger partial charge in [-0.3, -0.25) is 14.2 Å². The number of hydrogen-bond acceptors (Lipinski definition) is 3. The van der Waals surface area contributed by atoms with Crippen LogP contribution in [0.3, 0.4) is 0 Å². The molecule has 6 nitrogen and oxygen atoms in total. The van der Waals surface area contributed by atoms with Crippen molar-refractivity contribution in [2.24, 2.45) is 0 Å². The Morgan fingerprint density at radius 3 is 2.58 bits per heavy atom. The SMILES string of the molecule is Cc1nn(Cc2cccc(C(=O)Nc3cnn(Cc4ccc(Cl)cc4)c3)c2)c(C)c1Br. The van der Waals surface area contributed by atoms with Crippen molar-refractivity contribution in [1.29, 1.82) is 0 Å². The number of benzene rings is 2. The molecule has 2 heterocycles. The van der Waals surface area contributed by atoms with Gasteiger partial charge in [0.1, 0.15) is 0 Å². The second kappa shape index (κ2) is 9.08. The van der Waals surface area contributed by atoms with E-state index in [1.54, 1.807) is 16.9 Å². The summed E-state index contributed by atoms with van der Waals surface area (Å²) in [4.78, 5) is 12.8. The number of hydrogen-bond donors (Lipinski definition) is 1. The predicted molar refractivity (Wildman–Crippen MR) is 126 cm³/mol. The van der Waals surface area contributed by atoms with Crippen LogP contribution in [0.1, 0.15) is 32.9 Å². The molecule has 0 unspecified atom stereocenters. The van der Waals surface area contributed by atoms with Gasteiger partial charge >= 0.3 is 0 Å². The smallest absolute Gasteiger partial charge is 0.255 e. The van der Waals surface area contributed by atoms with Crippen LogP contribution in [0.2, 0.25) is 5.02 Å². The van der Waals surface area contributed by atoms with Crippen molar-refractivity contribution in [1.82, 2.24) is 19.6 Å². The average molecular weight is 499 g/mol. The molecule has 8 heteroatoms. The van der Waals surface area contributed by atoms with Crippen molar-refractivity contribution in [2.75, 3.05) is 5.32 Å². The molecule has 2 aromatic heterocycles. The number of amides is 1. The highest BCUT2D eigenvalue weighted by atomic mass is 79.9. The first-order valence-corrected chi connectivity index (χ1v) is 10.9. The first-order valence-electron chi connectivity index (χ1n) is 9.76. The van der Waals surface area contributed by atoms with Gasteiger partial charge in [0.25, 0.3) is 5.91 Å². The molecule has 0 aliphatic heterocycles. The van der Waals surface area contributed by atoms with Crippen molar-refractivity contribution >= 4 is 39.1 Å². The average Bonchev–Trinajstić information content (AvgIpc) is 3.29. The maximum absolute atomic E-state index is 12.8. The lowest BCUT2D eigenvalue weighted by atomic mass is 10.1. The fourth-order valence-corrected chi connectivity index (χ4v) is 3.72. The van der Waals surface area contributed by atoms with Crippen LogP contribution in [0.5, 0.6) is 0 Å². The van der Waals surface area contributed by atoms with Crippen molar-refractivity contribution < 1.29 is 4.79 Å². The van der Waals surface area contributed by atoms with E-state index in [-0.39, 0.29) is 5.91 Å². The molecule has 0 aliphatic carbocycles. The van der Waals surface area contributed by atoms with Gasteiger partial charge in [0.15, 0.2) is 0 Å². The highest BCUT2D eigenvalue weighted by Crippen LogP contribution is 2.21. The monoisotopic (exact) mass is 497 g/mol. The minimum atomic E-state index is -0.178. The highest BCUT2D eigenvalue weighted by Gasteiger charge is 2.12. The summed E-state index contributed by atoms with van der Waals surface area (Å²) in [7, 11) is 0. The Balaban J connectivity index is 1.43. The van der Waals surface area contributed by atoms with Gasteiger partial charge in [0.05, 0.1) is 40.8 Å². The highest BCUT2D eigenvalue weighted by molar-refractivity contribution is 9.10. The van der Waals surface area contributed by atoms with Crippen molar-refractivity contribution in [3.8, 4) is 0 Å². The van der Waals surface area contributed by atoms with Gasteiger partial charge in [0, 0.05) is 16.8 Å². The zero-order chi connectivity index (χ0) is 22.0. The summed E-state index contributed by atoms with van der Waals surface area (Å²) in [5.74, 6) is -0.178. The lowest BCUT2D eigenvalue weighted by Gasteiger charge is -2.08. The minimum Gasteiger partial charge on any atom is -0.319 e. The predicted octanol–water partition coefficient (Wildman–Crippen LogP) is 5.46. The zero-order valence-electron chi connectivity index (χ0n) is 17.1. The van der Waals surface area contributed by atoms with Crippen molar-refractivity contribution in [3.05, 3.63) is 98.5 Å². The Bertz CT molecular complexity index is 1230. The van der Waals surface area contributed by atoms with Crippen LogP contribution in [0.4, 0.5) is 5.69 Å². The molecule has 4 rings (SSSR count). The Morgan fingerprint density at radius 2 is 1.87 bits per heavy atom. The second-order valence-electron chi connectivity index (χ2n) is 7.35. The first kappa shape index (κ1) is 21.3. The molecule has 2 aromatic carbocycles. The standard InChI is InChI=1S/C23H21BrClN5O/c1-15-22(24)16(2)30(28-15)13-18-4-3-5-19(10-18)23(31)27-21-11-26-29(14-21)12-17-6-8-20(25)9-7-17/h3-11,14H,12-13H2,1-2H3,(H,27,31). The van der Waals surface area contributed by atoms with Gasteiger partial charge in [-0.05, 0) is 65.2 Å². The summed E-state index contributed by atoms with van der Waals surface area (Å²) in [6, 6.07) is 15.2. The van der Waals surface area contributed by atoms with E-state index >= 15 is 0 Å². The fourth-order valence-electron chi connectivity index (χ4n) is 3.31. The molecule has 0 spiro atoms. The van der Waals surface area contributed by atoms with E-state index in [4.69, 9.17) is 11.6 Å². The van der Waals surface area contributed by atoms with E-state index in [1.807, 2.05) is 67.2 Å². The molecule has 4 aromatic rings. The maximum Gasteiger partial charge on any atom is 0.255 e. The molecule has 31 heavy (non-hydrogen) atoms. The van der Waals surface area contributed by atoms with Crippen LogP contribution in [0.15, 0.2) is 65.4 Å². The number of aromatic nitrogens is 4. The van der Waals surface area contributed by atoms with E-state index in [2.05, 4.69) is 31.4 Å². The summed E-state index contributed by atoms with van der Waals surface area (Å²) in [5.41, 5.74) is 5.32. The van der Waals surface area contributed by atoms with E-state index in [0.29, 0.717) is 29.4 Å². The number of nitrogens with one attached hydrogen (secondary N) is 1. The zero-order valence-corrected chi connectivity index (χ0v) is 19.5. The van der Waals surface area contributed by atoms with Crippen LogP contribution in [-0.2, 0) is 13.1 Å². The van der Waals surface area contributed by atoms with Gasteiger partial charge in [-0.2, -0.15) is 10.2 Å². The maximum atomic E-state index is 12.8. The summed E-state index contributed by atoms with van der Waals surface area (Å²) in [5, 5.41) is 12.5. The summed E-state index contributed by atoms with van der Waals surface area (Å²) in [6.45, 7) is 5.17. The lowest BCUT2D eigenvalue weighted by molar-refractivity contribution is 0.102. The van der Waals surface area contributed by atoms with Crippen molar-refractivity contribution in [3.63, 3.8) is 0 Å². The van der Waals surface area contributed by atoms with Crippen LogP contribution in [-0.4, -0.2) is 25.5 Å². The molecule has 0 saturated heterocycles. The quantitative estimate of drug-likeness (QED) is 0.384. The van der Waals surface area contributed by atoms with Crippen LogP contribution in [0, 0.1) is 13.8 Å². The summed E-state index contributed by atoms with van der Waals surface area (Å²) in [6.07, 6.45) is 3.45. The van der Waals surface area contributed by atoms with Gasteiger partial charge in [-0.15, -0.1) is 0 Å². The van der Waals surface area contributed by atoms with Gasteiger partial charge in [-0.25, -0.2) is 0 Å². The van der Waals surface area contributed by atoms with Gasteiger partial charge in [-0.1, -0.05) is 35.9 Å². The normalized spacial score (nSPS) is 11.0. The van der Waals surface area contributed by atoms with Crippen molar-refractivity contribution in [2.45, 2.75) is 26.9 Å². The first-order chi connectivity index (χ1) is 14.9. The van der Waals surface area contributed by atoms with Crippen LogP contribution >= 0.6 is 27.5 Å². The topological polar surface area (TPSA) is 64.7 Å². The number of carbonyl (C=O) groups is 1. The Labute approximate surface area is 194 Å². The molecule has 0 bridgehead atoms. The molecule has 0 radical (unpaired) electrons. The molecule has 0 fully saturated rings. The third kappa shape index (κ3) is 5.06. The molecular formula is C23H21BrClN5O. The Hall–Kier alpha value is -2.90. The third-order valence-corrected chi connectivity index (χ3v) is 6.36. The van der Waals surface area contributed by atoms with E-state index in [9.17, 15) is 4.79 Å². The minimum absolute atomic E-state index is 0.178. The number of nitrogens with zero attached hydrogens (tertiary/aromatic N) is 4. The summed E-state index contributed by atoms with van der Waals surface area (Å²) < 4.78 is 4.71. The molecule has 0 aliphatic rings. The summed E-state index contributed by atoms with van der Waals surface area (Å²) >= 11 is 9.48. The third-order valence-electron chi connectivity index (χ3n) is 4.96. The number of carbonyl (C=O) groups excluding carboxylic acids is 1. The lowest BCUT2D eigenvalue weighted by Crippen LogP contribution is -2.12. The Morgan fingerprint density at radius 1 is 1.10 bits per heavy atom. The van der Waals surface area contributed by atoms with E-state index < -0.39 is 0 Å². The largest absolute Gasteiger partial charge is 0.319 e. The second-order valence-corrected chi connectivity index (χ2v) is 8.58. The number of rotatable bonds is 6. The van der Waals surface area contributed by atoms with Crippen LogP contribution < -0.4 is 5.32 Å². The molecule has 158 valence electrons.